The number of aromatic nitrogens is 1. The maximum atomic E-state index is 12.6. The summed E-state index contributed by atoms with van der Waals surface area (Å²) in [5.74, 6) is 1.82. The van der Waals surface area contributed by atoms with E-state index < -0.39 is 0 Å². The summed E-state index contributed by atoms with van der Waals surface area (Å²) in [6.07, 6.45) is 1.60. The Morgan fingerprint density at radius 2 is 1.97 bits per heavy atom. The van der Waals surface area contributed by atoms with Crippen molar-refractivity contribution in [2.45, 2.75) is 13.5 Å². The summed E-state index contributed by atoms with van der Waals surface area (Å²) in [5, 5.41) is 6.16. The Balaban J connectivity index is 1.42. The molecule has 3 aromatic rings. The predicted molar refractivity (Wildman–Crippen MR) is 110 cm³/mol. The fraction of sp³-hybridized carbons (Fsp3) is 0.182. The number of hydrogen-bond acceptors (Lipinski definition) is 6. The van der Waals surface area contributed by atoms with Gasteiger partial charge >= 0.3 is 0 Å². The van der Waals surface area contributed by atoms with Gasteiger partial charge in [-0.3, -0.25) is 9.78 Å². The maximum Gasteiger partial charge on any atom is 0.274 e. The van der Waals surface area contributed by atoms with Crippen LogP contribution < -0.4 is 24.8 Å². The molecule has 0 aliphatic carbocycles. The van der Waals surface area contributed by atoms with Gasteiger partial charge in [0, 0.05) is 18.4 Å². The molecule has 1 aliphatic heterocycles. The summed E-state index contributed by atoms with van der Waals surface area (Å²) in [6, 6.07) is 16.6. The van der Waals surface area contributed by atoms with Crippen LogP contribution in [0.4, 0.5) is 11.4 Å². The lowest BCUT2D eigenvalue weighted by Crippen LogP contribution is -2.15. The molecule has 148 valence electrons. The average molecular weight is 391 g/mol. The van der Waals surface area contributed by atoms with E-state index in [1.807, 2.05) is 49.4 Å². The Hall–Kier alpha value is -3.74. The van der Waals surface area contributed by atoms with Crippen molar-refractivity contribution in [2.24, 2.45) is 0 Å². The molecule has 29 heavy (non-hydrogen) atoms. The van der Waals surface area contributed by atoms with Crippen molar-refractivity contribution in [2.75, 3.05) is 24.0 Å². The summed E-state index contributed by atoms with van der Waals surface area (Å²) >= 11 is 0. The number of nitrogens with zero attached hydrogens (tertiary/aromatic N) is 1. The van der Waals surface area contributed by atoms with Crippen molar-refractivity contribution in [1.29, 1.82) is 0 Å². The first-order valence-corrected chi connectivity index (χ1v) is 9.34. The first kappa shape index (κ1) is 18.6. The molecule has 1 aliphatic rings. The number of ether oxygens (including phenoxy) is 3. The van der Waals surface area contributed by atoms with Crippen LogP contribution in [0.15, 0.2) is 60.8 Å². The Morgan fingerprint density at radius 1 is 1.10 bits per heavy atom. The molecule has 0 spiro atoms. The molecule has 0 radical (unpaired) electrons. The topological polar surface area (TPSA) is 81.7 Å². The van der Waals surface area contributed by atoms with Gasteiger partial charge in [-0.05, 0) is 48.9 Å². The quantitative estimate of drug-likeness (QED) is 0.632. The van der Waals surface area contributed by atoms with Crippen molar-refractivity contribution in [1.82, 2.24) is 4.98 Å². The number of fused-ring (bicyclic) bond motifs is 1. The molecule has 0 saturated heterocycles. The lowest BCUT2D eigenvalue weighted by Gasteiger charge is -2.12. The third-order valence-corrected chi connectivity index (χ3v) is 4.36. The van der Waals surface area contributed by atoms with Crippen LogP contribution in [-0.2, 0) is 6.54 Å². The SMILES string of the molecule is CCOc1ccccc1NC(=O)c1cc(NCc2ccc3c(c2)OCO3)ccn1. The molecule has 1 amide bonds. The van der Waals surface area contributed by atoms with E-state index in [0.29, 0.717) is 30.3 Å². The van der Waals surface area contributed by atoms with Gasteiger partial charge in [-0.1, -0.05) is 18.2 Å². The van der Waals surface area contributed by atoms with Crippen LogP contribution in [0.25, 0.3) is 0 Å². The van der Waals surface area contributed by atoms with E-state index in [1.165, 1.54) is 0 Å². The first-order chi connectivity index (χ1) is 14.2. The zero-order valence-corrected chi connectivity index (χ0v) is 16.0. The largest absolute Gasteiger partial charge is 0.492 e. The fourth-order valence-corrected chi connectivity index (χ4v) is 2.96. The van der Waals surface area contributed by atoms with Crippen LogP contribution in [0.3, 0.4) is 0 Å². The molecule has 7 nitrogen and oxygen atoms in total. The molecule has 7 heteroatoms. The monoisotopic (exact) mass is 391 g/mol. The zero-order valence-electron chi connectivity index (χ0n) is 16.0. The van der Waals surface area contributed by atoms with Crippen LogP contribution in [0.1, 0.15) is 23.0 Å². The third kappa shape index (κ3) is 4.40. The number of carbonyl (C=O) groups is 1. The number of benzene rings is 2. The number of rotatable bonds is 7. The summed E-state index contributed by atoms with van der Waals surface area (Å²) in [6.45, 7) is 3.25. The lowest BCUT2D eigenvalue weighted by atomic mass is 10.2. The molecular weight excluding hydrogens is 370 g/mol. The van der Waals surface area contributed by atoms with E-state index in [-0.39, 0.29) is 12.7 Å². The van der Waals surface area contributed by atoms with Crippen LogP contribution in [0, 0.1) is 0 Å². The van der Waals surface area contributed by atoms with Gasteiger partial charge in [0.15, 0.2) is 11.5 Å². The predicted octanol–water partition coefficient (Wildman–Crippen LogP) is 4.07. The minimum atomic E-state index is -0.302. The fourth-order valence-electron chi connectivity index (χ4n) is 2.96. The number of amides is 1. The van der Waals surface area contributed by atoms with Gasteiger partial charge in [-0.2, -0.15) is 0 Å². The molecule has 0 unspecified atom stereocenters. The molecule has 0 fully saturated rings. The van der Waals surface area contributed by atoms with Gasteiger partial charge in [0.05, 0.1) is 12.3 Å². The van der Waals surface area contributed by atoms with Crippen molar-refractivity contribution in [3.8, 4) is 17.2 Å². The second-order valence-electron chi connectivity index (χ2n) is 6.35. The highest BCUT2D eigenvalue weighted by molar-refractivity contribution is 6.04. The highest BCUT2D eigenvalue weighted by Gasteiger charge is 2.14. The van der Waals surface area contributed by atoms with E-state index in [4.69, 9.17) is 14.2 Å². The van der Waals surface area contributed by atoms with E-state index in [0.717, 1.165) is 22.7 Å². The number of nitrogens with one attached hydrogen (secondary N) is 2. The Labute approximate surface area is 168 Å². The second kappa shape index (κ2) is 8.52. The molecule has 0 bridgehead atoms. The summed E-state index contributed by atoms with van der Waals surface area (Å²) in [7, 11) is 0. The van der Waals surface area contributed by atoms with Crippen molar-refractivity contribution in [3.63, 3.8) is 0 Å². The molecule has 1 aromatic heterocycles. The second-order valence-corrected chi connectivity index (χ2v) is 6.35. The Morgan fingerprint density at radius 3 is 2.86 bits per heavy atom. The van der Waals surface area contributed by atoms with Gasteiger partial charge in [-0.15, -0.1) is 0 Å². The maximum absolute atomic E-state index is 12.6. The highest BCUT2D eigenvalue weighted by atomic mass is 16.7. The van der Waals surface area contributed by atoms with Gasteiger partial charge in [0.2, 0.25) is 6.79 Å². The molecule has 2 aromatic carbocycles. The first-order valence-electron chi connectivity index (χ1n) is 9.34. The number of anilines is 2. The van der Waals surface area contributed by atoms with Crippen LogP contribution in [0.5, 0.6) is 17.2 Å². The van der Waals surface area contributed by atoms with Gasteiger partial charge in [0.1, 0.15) is 11.4 Å². The third-order valence-electron chi connectivity index (χ3n) is 4.36. The smallest absolute Gasteiger partial charge is 0.274 e. The molecule has 4 rings (SSSR count). The standard InChI is InChI=1S/C22H21N3O4/c1-2-27-19-6-4-3-5-17(19)25-22(26)18-12-16(9-10-23-18)24-13-15-7-8-20-21(11-15)29-14-28-20/h3-12H,2,13-14H2,1H3,(H,23,24)(H,25,26). The van der Waals surface area contributed by atoms with Crippen molar-refractivity contribution >= 4 is 17.3 Å². The minimum absolute atomic E-state index is 0.251. The molecule has 0 atom stereocenters. The Bertz CT molecular complexity index is 1020. The normalized spacial score (nSPS) is 11.8. The molecular formula is C22H21N3O4. The van der Waals surface area contributed by atoms with Crippen LogP contribution in [0.2, 0.25) is 0 Å². The van der Waals surface area contributed by atoms with Gasteiger partial charge in [0.25, 0.3) is 5.91 Å². The summed E-state index contributed by atoms with van der Waals surface area (Å²) < 4.78 is 16.3. The Kier molecular flexibility index (Phi) is 5.47. The van der Waals surface area contributed by atoms with Crippen molar-refractivity contribution in [3.05, 3.63) is 72.1 Å². The minimum Gasteiger partial charge on any atom is -0.492 e. The molecule has 0 saturated carbocycles. The number of pyridine rings is 1. The van der Waals surface area contributed by atoms with E-state index >= 15 is 0 Å². The van der Waals surface area contributed by atoms with Crippen molar-refractivity contribution < 1.29 is 19.0 Å². The van der Waals surface area contributed by atoms with Gasteiger partial charge < -0.3 is 24.8 Å². The number of para-hydroxylation sites is 2. The van der Waals surface area contributed by atoms with E-state index in [1.54, 1.807) is 18.3 Å². The molecule has 2 heterocycles. The van der Waals surface area contributed by atoms with Gasteiger partial charge in [-0.25, -0.2) is 0 Å². The number of hydrogen-bond donors (Lipinski definition) is 2. The van der Waals surface area contributed by atoms with E-state index in [9.17, 15) is 4.79 Å². The summed E-state index contributed by atoms with van der Waals surface area (Å²) in [4.78, 5) is 16.8. The van der Waals surface area contributed by atoms with Crippen LogP contribution >= 0.6 is 0 Å². The zero-order chi connectivity index (χ0) is 20.1. The number of carbonyl (C=O) groups excluding carboxylic acids is 1. The average Bonchev–Trinajstić information content (AvgIpc) is 3.22. The van der Waals surface area contributed by atoms with Crippen LogP contribution in [-0.4, -0.2) is 24.3 Å². The molecule has 2 N–H and O–H groups in total. The van der Waals surface area contributed by atoms with E-state index in [2.05, 4.69) is 15.6 Å². The highest BCUT2D eigenvalue weighted by Crippen LogP contribution is 2.32. The summed E-state index contributed by atoms with van der Waals surface area (Å²) in [5.41, 5.74) is 2.76. The lowest BCUT2D eigenvalue weighted by molar-refractivity contribution is 0.102.